The van der Waals surface area contributed by atoms with E-state index >= 15 is 0 Å². The zero-order valence-electron chi connectivity index (χ0n) is 8.59. The van der Waals surface area contributed by atoms with Gasteiger partial charge >= 0.3 is 0 Å². The Labute approximate surface area is 94.1 Å². The van der Waals surface area contributed by atoms with Crippen LogP contribution in [0.2, 0.25) is 0 Å². The van der Waals surface area contributed by atoms with Crippen molar-refractivity contribution in [1.82, 2.24) is 0 Å². The fraction of sp³-hybridized carbons (Fsp3) is 0.364. The van der Waals surface area contributed by atoms with Crippen molar-refractivity contribution in [3.8, 4) is 5.75 Å². The summed E-state index contributed by atoms with van der Waals surface area (Å²) in [5.74, 6) is 0.580. The predicted octanol–water partition coefficient (Wildman–Crippen LogP) is 2.66. The van der Waals surface area contributed by atoms with Gasteiger partial charge in [-0.15, -0.1) is 11.6 Å². The predicted molar refractivity (Wildman–Crippen MR) is 61.4 cm³/mol. The molecule has 0 fully saturated rings. The monoisotopic (exact) mass is 227 g/mol. The van der Waals surface area contributed by atoms with Gasteiger partial charge in [0.25, 0.3) is 0 Å². The average molecular weight is 228 g/mol. The minimum atomic E-state index is -0.0843. The van der Waals surface area contributed by atoms with E-state index in [0.717, 1.165) is 5.56 Å². The van der Waals surface area contributed by atoms with Crippen molar-refractivity contribution in [3.05, 3.63) is 23.8 Å². The molecule has 0 bridgehead atoms. The molecule has 0 aromatic heterocycles. The first kappa shape index (κ1) is 11.9. The molecule has 0 saturated heterocycles. The number of halogens is 1. The topological polar surface area (TPSA) is 49.3 Å². The summed E-state index contributed by atoms with van der Waals surface area (Å²) in [6, 6.07) is 5.05. The van der Waals surface area contributed by atoms with Crippen LogP contribution in [-0.4, -0.2) is 16.9 Å². The third kappa shape index (κ3) is 3.80. The van der Waals surface area contributed by atoms with E-state index in [2.05, 4.69) is 5.32 Å². The van der Waals surface area contributed by atoms with Crippen molar-refractivity contribution in [2.45, 2.75) is 19.8 Å². The molecule has 0 aliphatic rings. The summed E-state index contributed by atoms with van der Waals surface area (Å²) in [7, 11) is 0. The molecule has 0 spiro atoms. The van der Waals surface area contributed by atoms with Crippen molar-refractivity contribution in [2.24, 2.45) is 0 Å². The number of benzene rings is 1. The van der Waals surface area contributed by atoms with E-state index in [1.807, 2.05) is 0 Å². The highest BCUT2D eigenvalue weighted by Crippen LogP contribution is 2.20. The lowest BCUT2D eigenvalue weighted by atomic mass is 10.2. The number of hydrogen-bond acceptors (Lipinski definition) is 2. The number of rotatable bonds is 4. The van der Waals surface area contributed by atoms with Gasteiger partial charge in [0.1, 0.15) is 5.75 Å². The number of alkyl halides is 1. The Balaban J connectivity index is 2.57. The van der Waals surface area contributed by atoms with Crippen molar-refractivity contribution < 1.29 is 9.90 Å². The second-order valence-electron chi connectivity index (χ2n) is 3.34. The van der Waals surface area contributed by atoms with Crippen molar-refractivity contribution in [1.29, 1.82) is 0 Å². The average Bonchev–Trinajstić information content (AvgIpc) is 2.20. The maximum Gasteiger partial charge on any atom is 0.224 e. The highest BCUT2D eigenvalue weighted by molar-refractivity contribution is 6.18. The number of carbonyl (C=O) groups excluding carboxylic acids is 1. The van der Waals surface area contributed by atoms with Gasteiger partial charge in [-0.05, 0) is 25.0 Å². The van der Waals surface area contributed by atoms with Crippen LogP contribution in [0.1, 0.15) is 18.4 Å². The molecule has 1 aromatic carbocycles. The molecular weight excluding hydrogens is 214 g/mol. The van der Waals surface area contributed by atoms with E-state index in [4.69, 9.17) is 11.6 Å². The molecule has 0 radical (unpaired) electrons. The maximum atomic E-state index is 11.3. The van der Waals surface area contributed by atoms with Gasteiger partial charge in [-0.2, -0.15) is 0 Å². The van der Waals surface area contributed by atoms with Gasteiger partial charge in [-0.25, -0.2) is 0 Å². The largest absolute Gasteiger partial charge is 0.508 e. The molecule has 0 aliphatic carbocycles. The zero-order valence-corrected chi connectivity index (χ0v) is 9.34. The molecule has 2 N–H and O–H groups in total. The Bertz CT molecular complexity index is 352. The van der Waals surface area contributed by atoms with E-state index < -0.39 is 0 Å². The van der Waals surface area contributed by atoms with Gasteiger partial charge in [-0.1, -0.05) is 6.07 Å². The Morgan fingerprint density at radius 3 is 2.87 bits per heavy atom. The first-order valence-electron chi connectivity index (χ1n) is 4.79. The molecule has 3 nitrogen and oxygen atoms in total. The molecule has 82 valence electrons. The van der Waals surface area contributed by atoms with Crippen LogP contribution in [0.4, 0.5) is 5.69 Å². The van der Waals surface area contributed by atoms with E-state index in [0.29, 0.717) is 24.4 Å². The van der Waals surface area contributed by atoms with Crippen molar-refractivity contribution in [2.75, 3.05) is 11.2 Å². The molecule has 15 heavy (non-hydrogen) atoms. The Kier molecular flexibility index (Phi) is 4.43. The lowest BCUT2D eigenvalue weighted by Crippen LogP contribution is -2.11. The second kappa shape index (κ2) is 5.61. The quantitative estimate of drug-likeness (QED) is 0.777. The van der Waals surface area contributed by atoms with Crippen LogP contribution in [0.25, 0.3) is 0 Å². The summed E-state index contributed by atoms with van der Waals surface area (Å²) in [6.45, 7) is 1.80. The van der Waals surface area contributed by atoms with Crippen LogP contribution >= 0.6 is 11.6 Å². The third-order valence-electron chi connectivity index (χ3n) is 2.03. The van der Waals surface area contributed by atoms with E-state index in [9.17, 15) is 9.90 Å². The molecule has 1 aromatic rings. The number of hydrogen-bond donors (Lipinski definition) is 2. The number of aryl methyl sites for hydroxylation is 1. The lowest BCUT2D eigenvalue weighted by Gasteiger charge is -2.06. The molecule has 0 unspecified atom stereocenters. The molecule has 0 aliphatic heterocycles. The Hall–Kier alpha value is -1.22. The van der Waals surface area contributed by atoms with Gasteiger partial charge in [-0.3, -0.25) is 4.79 Å². The number of phenols is 1. The summed E-state index contributed by atoms with van der Waals surface area (Å²) >= 11 is 5.47. The SMILES string of the molecule is Cc1ccc(NC(=O)CCCCl)cc1O. The lowest BCUT2D eigenvalue weighted by molar-refractivity contribution is -0.116. The van der Waals surface area contributed by atoms with Gasteiger partial charge in [0.2, 0.25) is 5.91 Å². The molecule has 1 amide bonds. The third-order valence-corrected chi connectivity index (χ3v) is 2.30. The van der Waals surface area contributed by atoms with Crippen LogP contribution in [0, 0.1) is 6.92 Å². The number of nitrogens with one attached hydrogen (secondary N) is 1. The molecular formula is C11H14ClNO2. The smallest absolute Gasteiger partial charge is 0.224 e. The van der Waals surface area contributed by atoms with Crippen LogP contribution < -0.4 is 5.32 Å². The number of carbonyl (C=O) groups is 1. The Morgan fingerprint density at radius 2 is 2.27 bits per heavy atom. The van der Waals surface area contributed by atoms with Gasteiger partial charge in [0.05, 0.1) is 0 Å². The molecule has 0 saturated carbocycles. The molecule has 1 rings (SSSR count). The van der Waals surface area contributed by atoms with E-state index in [1.165, 1.54) is 6.07 Å². The molecule has 0 heterocycles. The first-order valence-corrected chi connectivity index (χ1v) is 5.32. The summed E-state index contributed by atoms with van der Waals surface area (Å²) in [4.78, 5) is 11.3. The highest BCUT2D eigenvalue weighted by Gasteiger charge is 2.03. The van der Waals surface area contributed by atoms with Crippen LogP contribution in [0.15, 0.2) is 18.2 Å². The van der Waals surface area contributed by atoms with Crippen LogP contribution in [0.3, 0.4) is 0 Å². The van der Waals surface area contributed by atoms with Crippen molar-refractivity contribution in [3.63, 3.8) is 0 Å². The summed E-state index contributed by atoms with van der Waals surface area (Å²) in [5.41, 5.74) is 1.39. The second-order valence-corrected chi connectivity index (χ2v) is 3.72. The van der Waals surface area contributed by atoms with Crippen molar-refractivity contribution >= 4 is 23.2 Å². The molecule has 4 heteroatoms. The normalized spacial score (nSPS) is 10.0. The summed E-state index contributed by atoms with van der Waals surface area (Å²) < 4.78 is 0. The van der Waals surface area contributed by atoms with Gasteiger partial charge in [0, 0.05) is 24.1 Å². The number of anilines is 1. The minimum Gasteiger partial charge on any atom is -0.508 e. The highest BCUT2D eigenvalue weighted by atomic mass is 35.5. The molecule has 0 atom stereocenters. The fourth-order valence-electron chi connectivity index (χ4n) is 1.14. The number of amides is 1. The zero-order chi connectivity index (χ0) is 11.3. The Morgan fingerprint density at radius 1 is 1.53 bits per heavy atom. The first-order chi connectivity index (χ1) is 7.13. The van der Waals surface area contributed by atoms with E-state index in [1.54, 1.807) is 19.1 Å². The van der Waals surface area contributed by atoms with Gasteiger partial charge in [0.15, 0.2) is 0 Å². The van der Waals surface area contributed by atoms with Crippen LogP contribution in [0.5, 0.6) is 5.75 Å². The standard InChI is InChI=1S/C11H14ClNO2/c1-8-4-5-9(7-10(8)14)13-11(15)3-2-6-12/h4-5,7,14H,2-3,6H2,1H3,(H,13,15). The summed E-state index contributed by atoms with van der Waals surface area (Å²) in [5, 5.41) is 12.1. The maximum absolute atomic E-state index is 11.3. The number of aromatic hydroxyl groups is 1. The van der Waals surface area contributed by atoms with Gasteiger partial charge < -0.3 is 10.4 Å². The summed E-state index contributed by atoms with van der Waals surface area (Å²) in [6.07, 6.45) is 1.06. The number of phenolic OH excluding ortho intramolecular Hbond substituents is 1. The van der Waals surface area contributed by atoms with Crippen LogP contribution in [-0.2, 0) is 4.79 Å². The van der Waals surface area contributed by atoms with E-state index in [-0.39, 0.29) is 11.7 Å². The fourth-order valence-corrected chi connectivity index (χ4v) is 1.27. The minimum absolute atomic E-state index is 0.0843.